The van der Waals surface area contributed by atoms with E-state index in [1.54, 1.807) is 6.08 Å². The molecule has 0 aliphatic carbocycles. The van der Waals surface area contributed by atoms with E-state index in [4.69, 9.17) is 10.2 Å². The molecule has 0 amide bonds. The minimum atomic E-state index is -0.942. The number of hydrogen-bond donors (Lipinski definition) is 2. The topological polar surface area (TPSA) is 74.6 Å². The van der Waals surface area contributed by atoms with Crippen molar-refractivity contribution in [3.63, 3.8) is 0 Å². The Hall–Kier alpha value is -2.62. The maximum Gasteiger partial charge on any atom is 0.331 e. The van der Waals surface area contributed by atoms with Gasteiger partial charge in [0, 0.05) is 11.1 Å². The van der Waals surface area contributed by atoms with Crippen LogP contribution in [0.1, 0.15) is 18.9 Å². The Bertz CT molecular complexity index is 501. The van der Waals surface area contributed by atoms with Gasteiger partial charge < -0.3 is 10.2 Å². The van der Waals surface area contributed by atoms with Crippen molar-refractivity contribution in [2.24, 2.45) is 0 Å². The highest BCUT2D eigenvalue weighted by Gasteiger charge is 1.99. The van der Waals surface area contributed by atoms with E-state index < -0.39 is 11.9 Å². The highest BCUT2D eigenvalue weighted by Crippen LogP contribution is 2.05. The number of carboxylic acids is 2. The van der Waals surface area contributed by atoms with Gasteiger partial charge in [0.25, 0.3) is 0 Å². The number of carboxylic acid groups (broad SMARTS) is 2. The summed E-state index contributed by atoms with van der Waals surface area (Å²) in [6.07, 6.45) is 4.06. The van der Waals surface area contributed by atoms with Gasteiger partial charge in [-0.15, -0.1) is 0 Å². The Labute approximate surface area is 118 Å². The van der Waals surface area contributed by atoms with Gasteiger partial charge >= 0.3 is 11.9 Å². The average molecular weight is 274 g/mol. The van der Waals surface area contributed by atoms with Crippen molar-refractivity contribution in [2.45, 2.75) is 13.3 Å². The summed E-state index contributed by atoms with van der Waals surface area (Å²) in [5, 5.41) is 16.4. The van der Waals surface area contributed by atoms with E-state index in [9.17, 15) is 9.59 Å². The highest BCUT2D eigenvalue weighted by atomic mass is 16.4. The molecule has 0 aromatic heterocycles. The van der Waals surface area contributed by atoms with E-state index in [1.807, 2.05) is 36.4 Å². The summed E-state index contributed by atoms with van der Waals surface area (Å²) in [6.45, 7) is 8.04. The van der Waals surface area contributed by atoms with Gasteiger partial charge in [0.1, 0.15) is 0 Å². The van der Waals surface area contributed by atoms with E-state index in [-0.39, 0.29) is 11.1 Å². The lowest BCUT2D eigenvalue weighted by molar-refractivity contribution is -0.133. The van der Waals surface area contributed by atoms with Crippen LogP contribution in [-0.2, 0) is 9.59 Å². The van der Waals surface area contributed by atoms with Crippen LogP contribution in [0.5, 0.6) is 0 Å². The van der Waals surface area contributed by atoms with Crippen molar-refractivity contribution in [3.8, 4) is 0 Å². The normalized spacial score (nSPS) is 9.45. The lowest BCUT2D eigenvalue weighted by atomic mass is 10.1. The van der Waals surface area contributed by atoms with Gasteiger partial charge in [-0.25, -0.2) is 9.59 Å². The zero-order valence-electron chi connectivity index (χ0n) is 11.4. The fourth-order valence-electron chi connectivity index (χ4n) is 0.989. The number of allylic oxidation sites excluding steroid dienone is 1. The molecule has 1 aromatic rings. The van der Waals surface area contributed by atoms with Crippen LogP contribution >= 0.6 is 0 Å². The first-order valence-corrected chi connectivity index (χ1v) is 5.86. The molecule has 2 N–H and O–H groups in total. The van der Waals surface area contributed by atoms with Crippen LogP contribution in [0.2, 0.25) is 0 Å². The van der Waals surface area contributed by atoms with Crippen LogP contribution in [-0.4, -0.2) is 22.2 Å². The summed E-state index contributed by atoms with van der Waals surface area (Å²) in [4.78, 5) is 20.0. The summed E-state index contributed by atoms with van der Waals surface area (Å²) in [7, 11) is 0. The molecule has 1 aromatic carbocycles. The smallest absolute Gasteiger partial charge is 0.331 e. The molecule has 106 valence electrons. The standard InChI is InChI=1S/C12H12O2.C4H6O2/c1-10(12(13)14)6-5-9-11-7-3-2-4-8-11;1-3(2)4(5)6/h2-5,7-9H,1,6H2,(H,13,14);1H2,2H3,(H,5,6). The average Bonchev–Trinajstić information content (AvgIpc) is 2.40. The Morgan fingerprint density at radius 1 is 1.10 bits per heavy atom. The number of rotatable bonds is 5. The number of carbonyl (C=O) groups is 2. The molecule has 0 saturated carbocycles. The molecule has 0 aliphatic heterocycles. The van der Waals surface area contributed by atoms with Gasteiger partial charge in [-0.1, -0.05) is 55.6 Å². The summed E-state index contributed by atoms with van der Waals surface area (Å²) in [5.74, 6) is -1.88. The molecule has 4 nitrogen and oxygen atoms in total. The minimum Gasteiger partial charge on any atom is -0.478 e. The van der Waals surface area contributed by atoms with Crippen LogP contribution < -0.4 is 0 Å². The van der Waals surface area contributed by atoms with Crippen molar-refractivity contribution in [2.75, 3.05) is 0 Å². The molecule has 0 saturated heterocycles. The Morgan fingerprint density at radius 3 is 2.00 bits per heavy atom. The third kappa shape index (κ3) is 8.47. The van der Waals surface area contributed by atoms with Crippen molar-refractivity contribution in [3.05, 3.63) is 66.3 Å². The first-order chi connectivity index (χ1) is 9.34. The molecular weight excluding hydrogens is 256 g/mol. The third-order valence-corrected chi connectivity index (χ3v) is 2.14. The molecule has 0 atom stereocenters. The zero-order chi connectivity index (χ0) is 15.5. The first-order valence-electron chi connectivity index (χ1n) is 5.86. The van der Waals surface area contributed by atoms with Gasteiger partial charge in [-0.05, 0) is 18.9 Å². The van der Waals surface area contributed by atoms with E-state index in [1.165, 1.54) is 6.92 Å². The fraction of sp³-hybridized carbons (Fsp3) is 0.125. The summed E-state index contributed by atoms with van der Waals surface area (Å²) >= 11 is 0. The van der Waals surface area contributed by atoms with Crippen molar-refractivity contribution >= 4 is 18.0 Å². The Balaban J connectivity index is 0.000000511. The molecular formula is C16H18O4. The number of aliphatic carboxylic acids is 2. The number of hydrogen-bond acceptors (Lipinski definition) is 2. The van der Waals surface area contributed by atoms with Crippen molar-refractivity contribution in [1.29, 1.82) is 0 Å². The van der Waals surface area contributed by atoms with E-state index in [0.29, 0.717) is 6.42 Å². The first kappa shape index (κ1) is 17.4. The van der Waals surface area contributed by atoms with Crippen molar-refractivity contribution < 1.29 is 19.8 Å². The lowest BCUT2D eigenvalue weighted by Crippen LogP contribution is -1.96. The molecule has 0 radical (unpaired) electrons. The maximum atomic E-state index is 10.4. The van der Waals surface area contributed by atoms with Gasteiger partial charge in [-0.2, -0.15) is 0 Å². The molecule has 4 heteroatoms. The Kier molecular flexibility index (Phi) is 8.11. The maximum absolute atomic E-state index is 10.4. The lowest BCUT2D eigenvalue weighted by Gasteiger charge is -1.93. The molecule has 0 aliphatic rings. The van der Waals surface area contributed by atoms with Gasteiger partial charge in [0.15, 0.2) is 0 Å². The number of benzene rings is 1. The predicted octanol–water partition coefficient (Wildman–Crippen LogP) is 3.38. The SMILES string of the molecule is C=C(C)C(=O)O.C=C(CC=Cc1ccccc1)C(=O)O. The van der Waals surface area contributed by atoms with Crippen LogP contribution in [0.4, 0.5) is 0 Å². The van der Waals surface area contributed by atoms with Crippen LogP contribution in [0, 0.1) is 0 Å². The highest BCUT2D eigenvalue weighted by molar-refractivity contribution is 5.86. The zero-order valence-corrected chi connectivity index (χ0v) is 11.4. The second-order valence-electron chi connectivity index (χ2n) is 4.01. The van der Waals surface area contributed by atoms with Gasteiger partial charge in [0.2, 0.25) is 0 Å². The van der Waals surface area contributed by atoms with E-state index >= 15 is 0 Å². The second kappa shape index (κ2) is 9.33. The fourth-order valence-corrected chi connectivity index (χ4v) is 0.989. The third-order valence-electron chi connectivity index (χ3n) is 2.14. The monoisotopic (exact) mass is 274 g/mol. The van der Waals surface area contributed by atoms with Crippen molar-refractivity contribution in [1.82, 2.24) is 0 Å². The van der Waals surface area contributed by atoms with Crippen LogP contribution in [0.15, 0.2) is 60.7 Å². The minimum absolute atomic E-state index is 0.176. The predicted molar refractivity (Wildman–Crippen MR) is 79.3 cm³/mol. The summed E-state index contributed by atoms with van der Waals surface area (Å²) in [5.41, 5.74) is 1.44. The summed E-state index contributed by atoms with van der Waals surface area (Å²) < 4.78 is 0. The molecule has 0 spiro atoms. The van der Waals surface area contributed by atoms with E-state index in [0.717, 1.165) is 5.56 Å². The molecule has 0 unspecified atom stereocenters. The largest absolute Gasteiger partial charge is 0.478 e. The molecule has 1 rings (SSSR count). The quantitative estimate of drug-likeness (QED) is 0.807. The molecule has 0 bridgehead atoms. The van der Waals surface area contributed by atoms with Gasteiger partial charge in [-0.3, -0.25) is 0 Å². The Morgan fingerprint density at radius 2 is 1.60 bits per heavy atom. The van der Waals surface area contributed by atoms with Crippen LogP contribution in [0.3, 0.4) is 0 Å². The molecule has 0 fully saturated rings. The molecule has 0 heterocycles. The van der Waals surface area contributed by atoms with Gasteiger partial charge in [0.05, 0.1) is 0 Å². The van der Waals surface area contributed by atoms with E-state index in [2.05, 4.69) is 13.2 Å². The molecule has 20 heavy (non-hydrogen) atoms. The summed E-state index contributed by atoms with van der Waals surface area (Å²) in [6, 6.07) is 9.73. The van der Waals surface area contributed by atoms with Crippen LogP contribution in [0.25, 0.3) is 6.08 Å². The second-order valence-corrected chi connectivity index (χ2v) is 4.01.